The fourth-order valence-electron chi connectivity index (χ4n) is 3.25. The number of nitrogens with zero attached hydrogens (tertiary/aromatic N) is 5. The highest BCUT2D eigenvalue weighted by Crippen LogP contribution is 2.36. The lowest BCUT2D eigenvalue weighted by atomic mass is 9.96. The fraction of sp³-hybridized carbons (Fsp3) is 0.211. The monoisotopic (exact) mass is 393 g/mol. The van der Waals surface area contributed by atoms with E-state index in [-0.39, 0.29) is 5.91 Å². The number of pyridine rings is 1. The van der Waals surface area contributed by atoms with Gasteiger partial charge in [-0.25, -0.2) is 0 Å². The van der Waals surface area contributed by atoms with Crippen molar-refractivity contribution in [3.63, 3.8) is 0 Å². The number of nitrogens with one attached hydrogen (secondary N) is 2. The van der Waals surface area contributed by atoms with Crippen LogP contribution in [-0.4, -0.2) is 45.3 Å². The van der Waals surface area contributed by atoms with E-state index in [0.29, 0.717) is 34.4 Å². The third-order valence-electron chi connectivity index (χ3n) is 4.61. The van der Waals surface area contributed by atoms with Crippen LogP contribution in [0.1, 0.15) is 18.5 Å². The topological polar surface area (TPSA) is 116 Å². The van der Waals surface area contributed by atoms with E-state index in [0.717, 1.165) is 5.56 Å². The molecule has 1 amide bonds. The average molecular weight is 393 g/mol. The van der Waals surface area contributed by atoms with Crippen molar-refractivity contribution in [1.29, 1.82) is 0 Å². The van der Waals surface area contributed by atoms with Crippen LogP contribution in [0.15, 0.2) is 54.0 Å². The molecule has 1 atom stereocenters. The van der Waals surface area contributed by atoms with Gasteiger partial charge in [-0.3, -0.25) is 9.78 Å². The number of allylic oxidation sites excluding steroid dienone is 1. The van der Waals surface area contributed by atoms with Crippen molar-refractivity contribution in [3.05, 3.63) is 59.6 Å². The lowest BCUT2D eigenvalue weighted by Crippen LogP contribution is -2.31. The summed E-state index contributed by atoms with van der Waals surface area (Å²) >= 11 is 0. The second-order valence-corrected chi connectivity index (χ2v) is 6.32. The Balaban J connectivity index is 1.75. The predicted molar refractivity (Wildman–Crippen MR) is 105 cm³/mol. The Kier molecular flexibility index (Phi) is 4.82. The highest BCUT2D eigenvalue weighted by atomic mass is 16.5. The van der Waals surface area contributed by atoms with Gasteiger partial charge in [0.1, 0.15) is 17.5 Å². The maximum atomic E-state index is 13.4. The Morgan fingerprint density at radius 1 is 1.24 bits per heavy atom. The van der Waals surface area contributed by atoms with Crippen molar-refractivity contribution in [2.75, 3.05) is 24.9 Å². The molecule has 0 radical (unpaired) electrons. The lowest BCUT2D eigenvalue weighted by Gasteiger charge is -2.27. The molecule has 2 N–H and O–H groups in total. The number of carbonyl (C=O) groups is 1. The zero-order valence-corrected chi connectivity index (χ0v) is 16.1. The molecule has 0 saturated carbocycles. The standard InChI is InChI=1S/C19H19N7O3/c1-11-16(18(27)22-14-9-13(28-2)6-7-15(14)29-3)17(12-5-4-8-20-10-12)26-19(21-11)23-24-25-26/h4-10,17H,1-3H3,(H,22,27)(H,21,23,25)/t17-/m0/s1. The van der Waals surface area contributed by atoms with Crippen molar-refractivity contribution in [1.82, 2.24) is 25.2 Å². The number of rotatable bonds is 5. The molecule has 10 nitrogen and oxygen atoms in total. The van der Waals surface area contributed by atoms with Gasteiger partial charge in [0, 0.05) is 24.2 Å². The molecular weight excluding hydrogens is 374 g/mol. The number of fused-ring (bicyclic) bond motifs is 1. The number of hydrogen-bond acceptors (Lipinski definition) is 8. The van der Waals surface area contributed by atoms with E-state index in [1.54, 1.807) is 55.4 Å². The highest BCUT2D eigenvalue weighted by molar-refractivity contribution is 6.06. The zero-order valence-electron chi connectivity index (χ0n) is 16.1. The normalized spacial score (nSPS) is 15.3. The van der Waals surface area contributed by atoms with Gasteiger partial charge >= 0.3 is 0 Å². The van der Waals surface area contributed by atoms with Gasteiger partial charge in [0.25, 0.3) is 5.91 Å². The maximum Gasteiger partial charge on any atom is 0.255 e. The molecule has 0 bridgehead atoms. The summed E-state index contributed by atoms with van der Waals surface area (Å²) in [5.41, 5.74) is 2.37. The maximum absolute atomic E-state index is 13.4. The SMILES string of the molecule is COc1ccc(OC)c(NC(=O)C2=C(C)Nc3nnnn3[C@H]2c2cccnc2)c1. The van der Waals surface area contributed by atoms with Gasteiger partial charge in [-0.2, -0.15) is 4.68 Å². The van der Waals surface area contributed by atoms with Crippen molar-refractivity contribution in [2.24, 2.45) is 0 Å². The minimum atomic E-state index is -0.536. The van der Waals surface area contributed by atoms with Crippen LogP contribution in [0.5, 0.6) is 11.5 Å². The molecule has 1 aromatic carbocycles. The van der Waals surface area contributed by atoms with Gasteiger partial charge in [-0.05, 0) is 41.1 Å². The van der Waals surface area contributed by atoms with Crippen molar-refractivity contribution in [2.45, 2.75) is 13.0 Å². The number of benzene rings is 1. The van der Waals surface area contributed by atoms with Crippen LogP contribution in [-0.2, 0) is 4.79 Å². The molecule has 0 spiro atoms. The molecule has 10 heteroatoms. The van der Waals surface area contributed by atoms with E-state index in [9.17, 15) is 4.79 Å². The first kappa shape index (κ1) is 18.4. The molecule has 148 valence electrons. The first-order chi connectivity index (χ1) is 14.1. The summed E-state index contributed by atoms with van der Waals surface area (Å²) < 4.78 is 12.2. The Morgan fingerprint density at radius 2 is 2.10 bits per heavy atom. The third kappa shape index (κ3) is 3.35. The van der Waals surface area contributed by atoms with Crippen LogP contribution in [0.3, 0.4) is 0 Å². The first-order valence-electron chi connectivity index (χ1n) is 8.81. The number of aromatic nitrogens is 5. The van der Waals surface area contributed by atoms with E-state index >= 15 is 0 Å². The molecule has 1 aliphatic heterocycles. The number of methoxy groups -OCH3 is 2. The summed E-state index contributed by atoms with van der Waals surface area (Å²) in [4.78, 5) is 17.5. The van der Waals surface area contributed by atoms with Crippen molar-refractivity contribution in [3.8, 4) is 11.5 Å². The van der Waals surface area contributed by atoms with Gasteiger partial charge in [-0.1, -0.05) is 11.2 Å². The molecular formula is C19H19N7O3. The predicted octanol–water partition coefficient (Wildman–Crippen LogP) is 2.01. The number of anilines is 2. The van der Waals surface area contributed by atoms with Crippen molar-refractivity contribution >= 4 is 17.5 Å². The van der Waals surface area contributed by atoms with Crippen LogP contribution >= 0.6 is 0 Å². The van der Waals surface area contributed by atoms with Gasteiger partial charge in [-0.15, -0.1) is 0 Å². The Labute approximate surface area is 166 Å². The van der Waals surface area contributed by atoms with Crippen LogP contribution < -0.4 is 20.1 Å². The first-order valence-corrected chi connectivity index (χ1v) is 8.81. The molecule has 3 heterocycles. The van der Waals surface area contributed by atoms with Crippen LogP contribution in [0.25, 0.3) is 0 Å². The van der Waals surface area contributed by atoms with E-state index in [2.05, 4.69) is 31.1 Å². The smallest absolute Gasteiger partial charge is 0.255 e. The average Bonchev–Trinajstić information content (AvgIpc) is 3.21. The number of hydrogen-bond donors (Lipinski definition) is 2. The summed E-state index contributed by atoms with van der Waals surface area (Å²) in [6, 6.07) is 8.33. The van der Waals surface area contributed by atoms with Gasteiger partial charge in [0.2, 0.25) is 5.95 Å². The summed E-state index contributed by atoms with van der Waals surface area (Å²) in [7, 11) is 3.10. The number of carbonyl (C=O) groups excluding carboxylic acids is 1. The highest BCUT2D eigenvalue weighted by Gasteiger charge is 2.34. The summed E-state index contributed by atoms with van der Waals surface area (Å²) in [6.07, 6.45) is 3.36. The lowest BCUT2D eigenvalue weighted by molar-refractivity contribution is -0.113. The largest absolute Gasteiger partial charge is 0.497 e. The minimum absolute atomic E-state index is 0.323. The van der Waals surface area contributed by atoms with Crippen LogP contribution in [0, 0.1) is 0 Å². The Hall–Kier alpha value is -3.95. The van der Waals surface area contributed by atoms with E-state index in [4.69, 9.17) is 9.47 Å². The molecule has 2 aromatic heterocycles. The minimum Gasteiger partial charge on any atom is -0.497 e. The number of tetrazole rings is 1. The fourth-order valence-corrected chi connectivity index (χ4v) is 3.25. The quantitative estimate of drug-likeness (QED) is 0.676. The molecule has 1 aliphatic rings. The summed E-state index contributed by atoms with van der Waals surface area (Å²) in [5.74, 6) is 1.24. The second-order valence-electron chi connectivity index (χ2n) is 6.32. The Bertz CT molecular complexity index is 1080. The van der Waals surface area contributed by atoms with Crippen LogP contribution in [0.4, 0.5) is 11.6 Å². The van der Waals surface area contributed by atoms with Crippen LogP contribution in [0.2, 0.25) is 0 Å². The second kappa shape index (κ2) is 7.58. The van der Waals surface area contributed by atoms with Gasteiger partial charge < -0.3 is 20.1 Å². The molecule has 0 fully saturated rings. The summed E-state index contributed by atoms with van der Waals surface area (Å²) in [6.45, 7) is 1.80. The number of amides is 1. The third-order valence-corrected chi connectivity index (χ3v) is 4.61. The van der Waals surface area contributed by atoms with E-state index < -0.39 is 6.04 Å². The molecule has 0 aliphatic carbocycles. The van der Waals surface area contributed by atoms with Gasteiger partial charge in [0.15, 0.2) is 0 Å². The molecule has 29 heavy (non-hydrogen) atoms. The van der Waals surface area contributed by atoms with E-state index in [1.807, 2.05) is 6.07 Å². The Morgan fingerprint density at radius 3 is 2.83 bits per heavy atom. The molecule has 0 unspecified atom stereocenters. The van der Waals surface area contributed by atoms with E-state index in [1.165, 1.54) is 7.11 Å². The molecule has 3 aromatic rings. The zero-order chi connectivity index (χ0) is 20.4. The summed E-state index contributed by atoms with van der Waals surface area (Å²) in [5, 5.41) is 17.8. The van der Waals surface area contributed by atoms with Crippen molar-refractivity contribution < 1.29 is 14.3 Å². The molecule has 0 saturated heterocycles. The van der Waals surface area contributed by atoms with Gasteiger partial charge in [0.05, 0.1) is 25.5 Å². The number of ether oxygens (including phenoxy) is 2. The molecule has 4 rings (SSSR count).